The standard InChI is InChI=1S/C28H29NO4/c1-3-5-17-29-25(20-13-15-21(16-14-20)33-18-4-2)24(27(31)28(29)32)26(30)23-12-8-10-19-9-6-7-11-22(19)23/h6-16,25,30H,3-5,17-18H2,1-2H3/b26-24-. The minimum absolute atomic E-state index is 0.134. The van der Waals surface area contributed by atoms with Gasteiger partial charge in [0, 0.05) is 12.1 Å². The maximum atomic E-state index is 13.2. The first-order valence-corrected chi connectivity index (χ1v) is 11.6. The van der Waals surface area contributed by atoms with Gasteiger partial charge < -0.3 is 14.7 Å². The number of ether oxygens (including phenoxy) is 1. The largest absolute Gasteiger partial charge is 0.507 e. The number of likely N-dealkylation sites (tertiary alicyclic amines) is 1. The number of Topliss-reactive ketones (excluding diaryl/α,β-unsaturated/α-hetero) is 1. The normalized spacial score (nSPS) is 17.6. The number of carbonyl (C=O) groups is 2. The fraction of sp³-hybridized carbons (Fsp3) is 0.286. The van der Waals surface area contributed by atoms with Gasteiger partial charge in [0.15, 0.2) is 0 Å². The second kappa shape index (κ2) is 9.90. The van der Waals surface area contributed by atoms with E-state index in [0.29, 0.717) is 18.7 Å². The van der Waals surface area contributed by atoms with Gasteiger partial charge in [-0.15, -0.1) is 0 Å². The Morgan fingerprint density at radius 3 is 2.39 bits per heavy atom. The molecule has 1 amide bonds. The zero-order valence-corrected chi connectivity index (χ0v) is 19.1. The molecular weight excluding hydrogens is 414 g/mol. The third-order valence-corrected chi connectivity index (χ3v) is 6.01. The van der Waals surface area contributed by atoms with Crippen molar-refractivity contribution in [3.8, 4) is 5.75 Å². The third-order valence-electron chi connectivity index (χ3n) is 6.01. The van der Waals surface area contributed by atoms with Crippen LogP contribution < -0.4 is 4.74 Å². The van der Waals surface area contributed by atoms with E-state index in [-0.39, 0.29) is 11.3 Å². The zero-order chi connectivity index (χ0) is 23.4. The van der Waals surface area contributed by atoms with Crippen LogP contribution in [0.25, 0.3) is 16.5 Å². The Hall–Kier alpha value is -3.60. The molecule has 0 aromatic heterocycles. The number of nitrogens with zero attached hydrogens (tertiary/aromatic N) is 1. The van der Waals surface area contributed by atoms with Gasteiger partial charge in [-0.3, -0.25) is 9.59 Å². The van der Waals surface area contributed by atoms with Crippen molar-refractivity contribution in [2.24, 2.45) is 0 Å². The van der Waals surface area contributed by atoms with Gasteiger partial charge in [-0.05, 0) is 41.3 Å². The lowest BCUT2D eigenvalue weighted by Crippen LogP contribution is -2.30. The first kappa shape index (κ1) is 22.6. The predicted molar refractivity (Wildman–Crippen MR) is 130 cm³/mol. The molecule has 1 saturated heterocycles. The molecule has 5 nitrogen and oxygen atoms in total. The van der Waals surface area contributed by atoms with Crippen LogP contribution in [0.4, 0.5) is 0 Å². The summed E-state index contributed by atoms with van der Waals surface area (Å²) >= 11 is 0. The number of aliphatic hydroxyl groups excluding tert-OH is 1. The maximum absolute atomic E-state index is 13.2. The molecule has 1 fully saturated rings. The number of hydrogen-bond donors (Lipinski definition) is 1. The molecule has 0 spiro atoms. The second-order valence-corrected chi connectivity index (χ2v) is 8.29. The number of rotatable bonds is 8. The lowest BCUT2D eigenvalue weighted by Gasteiger charge is -2.25. The summed E-state index contributed by atoms with van der Waals surface area (Å²) < 4.78 is 5.69. The molecule has 1 aliphatic heterocycles. The van der Waals surface area contributed by atoms with E-state index in [1.165, 1.54) is 0 Å². The van der Waals surface area contributed by atoms with E-state index in [9.17, 15) is 14.7 Å². The zero-order valence-electron chi connectivity index (χ0n) is 19.1. The molecule has 4 rings (SSSR count). The molecule has 5 heteroatoms. The van der Waals surface area contributed by atoms with Crippen molar-refractivity contribution in [3.05, 3.63) is 83.4 Å². The van der Waals surface area contributed by atoms with E-state index >= 15 is 0 Å². The third kappa shape index (κ3) is 4.36. The van der Waals surface area contributed by atoms with Crippen LogP contribution in [0.5, 0.6) is 5.75 Å². The summed E-state index contributed by atoms with van der Waals surface area (Å²) in [5, 5.41) is 13.2. The molecule has 1 N–H and O–H groups in total. The van der Waals surface area contributed by atoms with Crippen LogP contribution in [0.3, 0.4) is 0 Å². The van der Waals surface area contributed by atoms with Crippen LogP contribution in [0.15, 0.2) is 72.3 Å². The van der Waals surface area contributed by atoms with Crippen LogP contribution in [0.1, 0.15) is 50.3 Å². The van der Waals surface area contributed by atoms with Gasteiger partial charge in [-0.2, -0.15) is 0 Å². The molecule has 1 heterocycles. The molecule has 33 heavy (non-hydrogen) atoms. The molecule has 0 radical (unpaired) electrons. The number of ketones is 1. The molecular formula is C28H29NO4. The number of unbranched alkanes of at least 4 members (excludes halogenated alkanes) is 1. The number of hydrogen-bond acceptors (Lipinski definition) is 4. The fourth-order valence-electron chi connectivity index (χ4n) is 4.33. The first-order chi connectivity index (χ1) is 16.1. The Bertz CT molecular complexity index is 1190. The van der Waals surface area contributed by atoms with Crippen molar-refractivity contribution in [2.45, 2.75) is 39.2 Å². The minimum Gasteiger partial charge on any atom is -0.507 e. The second-order valence-electron chi connectivity index (χ2n) is 8.29. The Labute approximate surface area is 194 Å². The van der Waals surface area contributed by atoms with E-state index in [1.54, 1.807) is 11.0 Å². The van der Waals surface area contributed by atoms with Crippen LogP contribution in [0.2, 0.25) is 0 Å². The number of aliphatic hydroxyl groups is 1. The van der Waals surface area contributed by atoms with Gasteiger partial charge in [0.2, 0.25) is 0 Å². The highest BCUT2D eigenvalue weighted by Crippen LogP contribution is 2.41. The number of benzene rings is 3. The molecule has 3 aromatic carbocycles. The van der Waals surface area contributed by atoms with Crippen molar-refractivity contribution in [1.82, 2.24) is 4.90 Å². The quantitative estimate of drug-likeness (QED) is 0.269. The van der Waals surface area contributed by atoms with Gasteiger partial charge in [0.25, 0.3) is 11.7 Å². The lowest BCUT2D eigenvalue weighted by atomic mass is 9.93. The average molecular weight is 444 g/mol. The SMILES string of the molecule is CCCCN1C(=O)C(=O)/C(=C(\O)c2cccc3ccccc23)C1c1ccc(OCCC)cc1. The van der Waals surface area contributed by atoms with Crippen LogP contribution in [-0.2, 0) is 9.59 Å². The van der Waals surface area contributed by atoms with Gasteiger partial charge in [-0.25, -0.2) is 0 Å². The van der Waals surface area contributed by atoms with E-state index in [4.69, 9.17) is 4.74 Å². The highest BCUT2D eigenvalue weighted by atomic mass is 16.5. The predicted octanol–water partition coefficient (Wildman–Crippen LogP) is 5.85. The van der Waals surface area contributed by atoms with Crippen LogP contribution in [0, 0.1) is 0 Å². The minimum atomic E-state index is -0.646. The van der Waals surface area contributed by atoms with Crippen LogP contribution >= 0.6 is 0 Å². The molecule has 0 bridgehead atoms. The van der Waals surface area contributed by atoms with Crippen molar-refractivity contribution >= 4 is 28.2 Å². The summed E-state index contributed by atoms with van der Waals surface area (Å²) in [5.74, 6) is -0.616. The molecule has 0 aliphatic carbocycles. The van der Waals surface area contributed by atoms with E-state index in [1.807, 2.05) is 74.5 Å². The monoisotopic (exact) mass is 443 g/mol. The summed E-state index contributed by atoms with van der Waals surface area (Å²) in [5.41, 5.74) is 1.46. The molecule has 1 atom stereocenters. The Morgan fingerprint density at radius 1 is 0.939 bits per heavy atom. The number of fused-ring (bicyclic) bond motifs is 1. The Morgan fingerprint density at radius 2 is 1.67 bits per heavy atom. The Kier molecular flexibility index (Phi) is 6.78. The van der Waals surface area contributed by atoms with E-state index in [0.717, 1.165) is 41.3 Å². The van der Waals surface area contributed by atoms with Crippen LogP contribution in [-0.4, -0.2) is 34.8 Å². The molecule has 1 aliphatic rings. The fourth-order valence-corrected chi connectivity index (χ4v) is 4.33. The Balaban J connectivity index is 1.85. The number of carbonyl (C=O) groups excluding carboxylic acids is 2. The number of amides is 1. The highest BCUT2D eigenvalue weighted by molar-refractivity contribution is 6.46. The molecule has 1 unspecified atom stereocenters. The smallest absolute Gasteiger partial charge is 0.295 e. The summed E-state index contributed by atoms with van der Waals surface area (Å²) in [7, 11) is 0. The van der Waals surface area contributed by atoms with E-state index < -0.39 is 17.7 Å². The van der Waals surface area contributed by atoms with Gasteiger partial charge >= 0.3 is 0 Å². The molecule has 0 saturated carbocycles. The van der Waals surface area contributed by atoms with Crippen molar-refractivity contribution in [1.29, 1.82) is 0 Å². The summed E-state index contributed by atoms with van der Waals surface area (Å²) in [6.07, 6.45) is 2.57. The van der Waals surface area contributed by atoms with Crippen molar-refractivity contribution < 1.29 is 19.4 Å². The maximum Gasteiger partial charge on any atom is 0.295 e. The highest BCUT2D eigenvalue weighted by Gasteiger charge is 2.45. The summed E-state index contributed by atoms with van der Waals surface area (Å²) in [6.45, 7) is 5.16. The van der Waals surface area contributed by atoms with E-state index in [2.05, 4.69) is 0 Å². The van der Waals surface area contributed by atoms with Gasteiger partial charge in [0.05, 0.1) is 18.2 Å². The van der Waals surface area contributed by atoms with Gasteiger partial charge in [0.1, 0.15) is 11.5 Å². The van der Waals surface area contributed by atoms with Gasteiger partial charge in [-0.1, -0.05) is 74.9 Å². The van der Waals surface area contributed by atoms with Crippen molar-refractivity contribution in [2.75, 3.05) is 13.2 Å². The molecule has 170 valence electrons. The lowest BCUT2D eigenvalue weighted by molar-refractivity contribution is -0.139. The summed E-state index contributed by atoms with van der Waals surface area (Å²) in [6, 6.07) is 20.1. The summed E-state index contributed by atoms with van der Waals surface area (Å²) in [4.78, 5) is 27.8. The van der Waals surface area contributed by atoms with Crippen molar-refractivity contribution in [3.63, 3.8) is 0 Å². The average Bonchev–Trinajstić information content (AvgIpc) is 3.10. The topological polar surface area (TPSA) is 66.8 Å². The first-order valence-electron chi connectivity index (χ1n) is 11.6. The molecule has 3 aromatic rings.